The van der Waals surface area contributed by atoms with E-state index in [1.807, 2.05) is 24.1 Å². The number of anilines is 2. The highest BCUT2D eigenvalue weighted by atomic mass is 16.3. The van der Waals surface area contributed by atoms with Crippen LogP contribution in [0.25, 0.3) is 0 Å². The van der Waals surface area contributed by atoms with Crippen LogP contribution in [0.1, 0.15) is 36.6 Å². The molecule has 0 saturated heterocycles. The van der Waals surface area contributed by atoms with Gasteiger partial charge in [0.2, 0.25) is 0 Å². The number of hydrogen-bond acceptors (Lipinski definition) is 3. The van der Waals surface area contributed by atoms with Crippen molar-refractivity contribution in [2.75, 3.05) is 11.9 Å². The number of aliphatic hydroxyl groups is 1. The normalized spacial score (nSPS) is 11.8. The lowest BCUT2D eigenvalue weighted by Crippen LogP contribution is -2.13. The molecule has 0 amide bonds. The molecule has 0 fully saturated rings. The summed E-state index contributed by atoms with van der Waals surface area (Å²) in [7, 11) is 1.95. The van der Waals surface area contributed by atoms with Crippen LogP contribution >= 0.6 is 0 Å². The molecule has 21 heavy (non-hydrogen) atoms. The predicted octanol–water partition coefficient (Wildman–Crippen LogP) is 3.94. The second-order valence-corrected chi connectivity index (χ2v) is 5.14. The fourth-order valence-electron chi connectivity index (χ4n) is 2.35. The Bertz CT molecular complexity index is 654. The number of aryl methyl sites for hydroxylation is 1. The highest BCUT2D eigenvalue weighted by Gasteiger charge is 2.14. The summed E-state index contributed by atoms with van der Waals surface area (Å²) in [4.78, 5) is 2.00. The van der Waals surface area contributed by atoms with Gasteiger partial charge < -0.3 is 10.0 Å². The van der Waals surface area contributed by atoms with Crippen LogP contribution in [0.5, 0.6) is 0 Å². The first-order valence-electron chi connectivity index (χ1n) is 7.11. The van der Waals surface area contributed by atoms with E-state index in [0.29, 0.717) is 5.56 Å². The molecule has 0 saturated carbocycles. The minimum atomic E-state index is -0.579. The van der Waals surface area contributed by atoms with Gasteiger partial charge in [0.1, 0.15) is 0 Å². The molecule has 2 aromatic rings. The van der Waals surface area contributed by atoms with Gasteiger partial charge in [-0.3, -0.25) is 0 Å². The van der Waals surface area contributed by atoms with E-state index in [1.54, 1.807) is 13.0 Å². The highest BCUT2D eigenvalue weighted by molar-refractivity contribution is 5.68. The number of aliphatic hydroxyl groups excluding tert-OH is 1. The zero-order chi connectivity index (χ0) is 15.4. The molecule has 3 nitrogen and oxygen atoms in total. The fraction of sp³-hybridized carbons (Fsp3) is 0.278. The maximum absolute atomic E-state index is 9.94. The smallest absolute Gasteiger partial charge is 0.0992 e. The maximum Gasteiger partial charge on any atom is 0.0992 e. The average molecular weight is 280 g/mol. The summed E-state index contributed by atoms with van der Waals surface area (Å²) in [6.07, 6.45) is 0.428. The van der Waals surface area contributed by atoms with Gasteiger partial charge >= 0.3 is 0 Å². The average Bonchev–Trinajstić information content (AvgIpc) is 2.53. The van der Waals surface area contributed by atoms with Crippen molar-refractivity contribution in [3.63, 3.8) is 0 Å². The van der Waals surface area contributed by atoms with Crippen LogP contribution in [-0.2, 0) is 6.42 Å². The first kappa shape index (κ1) is 15.1. The van der Waals surface area contributed by atoms with E-state index in [-0.39, 0.29) is 0 Å². The van der Waals surface area contributed by atoms with Crippen LogP contribution in [0.3, 0.4) is 0 Å². The number of nitrogens with zero attached hydrogens (tertiary/aromatic N) is 2. The van der Waals surface area contributed by atoms with Gasteiger partial charge in [-0.25, -0.2) is 0 Å². The van der Waals surface area contributed by atoms with E-state index < -0.39 is 6.10 Å². The molecule has 2 aromatic carbocycles. The first-order chi connectivity index (χ1) is 10.1. The fourth-order valence-corrected chi connectivity index (χ4v) is 2.35. The van der Waals surface area contributed by atoms with Crippen molar-refractivity contribution in [2.45, 2.75) is 26.4 Å². The molecule has 0 radical (unpaired) electrons. The SMILES string of the molecule is CCc1ccc(N(C)c2cc(C#N)ccc2[C@@H](C)O)cc1. The molecule has 0 aliphatic carbocycles. The molecule has 1 atom stereocenters. The zero-order valence-corrected chi connectivity index (χ0v) is 12.7. The van der Waals surface area contributed by atoms with Crippen LogP contribution in [0, 0.1) is 11.3 Å². The van der Waals surface area contributed by atoms with Crippen molar-refractivity contribution >= 4 is 11.4 Å². The summed E-state index contributed by atoms with van der Waals surface area (Å²) in [5, 5.41) is 19.0. The van der Waals surface area contributed by atoms with Crippen LogP contribution in [0.15, 0.2) is 42.5 Å². The van der Waals surface area contributed by atoms with Crippen molar-refractivity contribution in [3.8, 4) is 6.07 Å². The van der Waals surface area contributed by atoms with Crippen molar-refractivity contribution in [3.05, 3.63) is 59.2 Å². The molecule has 3 heteroatoms. The third kappa shape index (κ3) is 3.24. The first-order valence-corrected chi connectivity index (χ1v) is 7.11. The molecule has 1 N–H and O–H groups in total. The summed E-state index contributed by atoms with van der Waals surface area (Å²) < 4.78 is 0. The van der Waals surface area contributed by atoms with E-state index in [2.05, 4.69) is 37.3 Å². The van der Waals surface area contributed by atoms with Gasteiger partial charge in [-0.15, -0.1) is 0 Å². The Labute approximate surface area is 126 Å². The molecule has 0 spiro atoms. The lowest BCUT2D eigenvalue weighted by Gasteiger charge is -2.24. The van der Waals surface area contributed by atoms with Crippen molar-refractivity contribution in [1.82, 2.24) is 0 Å². The second-order valence-electron chi connectivity index (χ2n) is 5.14. The largest absolute Gasteiger partial charge is 0.389 e. The van der Waals surface area contributed by atoms with Gasteiger partial charge in [-0.05, 0) is 43.2 Å². The van der Waals surface area contributed by atoms with Gasteiger partial charge in [0.15, 0.2) is 0 Å². The third-order valence-corrected chi connectivity index (χ3v) is 3.70. The quantitative estimate of drug-likeness (QED) is 0.922. The molecule has 0 aromatic heterocycles. The van der Waals surface area contributed by atoms with Gasteiger partial charge in [-0.1, -0.05) is 25.1 Å². The van der Waals surface area contributed by atoms with E-state index in [4.69, 9.17) is 5.26 Å². The molecule has 108 valence electrons. The Hall–Kier alpha value is -2.31. The minimum absolute atomic E-state index is 0.579. The van der Waals surface area contributed by atoms with Gasteiger partial charge in [0.25, 0.3) is 0 Å². The zero-order valence-electron chi connectivity index (χ0n) is 12.7. The molecular weight excluding hydrogens is 260 g/mol. The Balaban J connectivity index is 2.45. The number of hydrogen-bond donors (Lipinski definition) is 1. The summed E-state index contributed by atoms with van der Waals surface area (Å²) in [6, 6.07) is 15.8. The standard InChI is InChI=1S/C18H20N2O/c1-4-14-5-8-16(9-6-14)20(3)18-11-15(12-19)7-10-17(18)13(2)21/h5-11,13,21H,4H2,1-3H3/t13-/m1/s1. The lowest BCUT2D eigenvalue weighted by molar-refractivity contribution is 0.200. The summed E-state index contributed by atoms with van der Waals surface area (Å²) in [6.45, 7) is 3.86. The Morgan fingerprint density at radius 3 is 2.38 bits per heavy atom. The van der Waals surface area contributed by atoms with E-state index in [1.165, 1.54) is 5.56 Å². The molecule has 2 rings (SSSR count). The molecular formula is C18H20N2O. The topological polar surface area (TPSA) is 47.3 Å². The lowest BCUT2D eigenvalue weighted by atomic mass is 10.0. The van der Waals surface area contributed by atoms with Crippen LogP contribution in [-0.4, -0.2) is 12.2 Å². The number of benzene rings is 2. The molecule has 0 aliphatic heterocycles. The number of rotatable bonds is 4. The van der Waals surface area contributed by atoms with E-state index >= 15 is 0 Å². The van der Waals surface area contributed by atoms with Gasteiger partial charge in [0, 0.05) is 24.0 Å². The van der Waals surface area contributed by atoms with Crippen LogP contribution in [0.4, 0.5) is 11.4 Å². The molecule has 0 unspecified atom stereocenters. The van der Waals surface area contributed by atoms with E-state index in [9.17, 15) is 5.11 Å². The monoisotopic (exact) mass is 280 g/mol. The van der Waals surface area contributed by atoms with Crippen LogP contribution < -0.4 is 4.90 Å². The Morgan fingerprint density at radius 2 is 1.86 bits per heavy atom. The minimum Gasteiger partial charge on any atom is -0.389 e. The Kier molecular flexibility index (Phi) is 4.62. The molecule has 0 heterocycles. The van der Waals surface area contributed by atoms with Crippen molar-refractivity contribution in [2.24, 2.45) is 0 Å². The van der Waals surface area contributed by atoms with Crippen molar-refractivity contribution < 1.29 is 5.11 Å². The van der Waals surface area contributed by atoms with Gasteiger partial charge in [-0.2, -0.15) is 5.26 Å². The van der Waals surface area contributed by atoms with Crippen molar-refractivity contribution in [1.29, 1.82) is 5.26 Å². The second kappa shape index (κ2) is 6.43. The highest BCUT2D eigenvalue weighted by Crippen LogP contribution is 2.31. The number of nitriles is 1. The van der Waals surface area contributed by atoms with E-state index in [0.717, 1.165) is 23.4 Å². The predicted molar refractivity (Wildman–Crippen MR) is 85.7 cm³/mol. The van der Waals surface area contributed by atoms with Crippen LogP contribution in [0.2, 0.25) is 0 Å². The molecule has 0 aliphatic rings. The third-order valence-electron chi connectivity index (χ3n) is 3.70. The summed E-state index contributed by atoms with van der Waals surface area (Å²) in [5.74, 6) is 0. The van der Waals surface area contributed by atoms with Gasteiger partial charge in [0.05, 0.1) is 17.7 Å². The Morgan fingerprint density at radius 1 is 1.19 bits per heavy atom. The maximum atomic E-state index is 9.94. The summed E-state index contributed by atoms with van der Waals surface area (Å²) >= 11 is 0. The molecule has 0 bridgehead atoms. The summed E-state index contributed by atoms with van der Waals surface area (Å²) in [5.41, 5.74) is 4.58.